The fourth-order valence-corrected chi connectivity index (χ4v) is 4.57. The van der Waals surface area contributed by atoms with E-state index in [0.29, 0.717) is 27.4 Å². The SMILES string of the molecule is O=C(Nc1oc(-c2ccc(-c3cccc4ccccc34)cc2O)nc1-c1ccc(Cl)cc1)c1ccccc1. The van der Waals surface area contributed by atoms with Crippen LogP contribution >= 0.6 is 11.6 Å². The van der Waals surface area contributed by atoms with E-state index in [-0.39, 0.29) is 23.4 Å². The summed E-state index contributed by atoms with van der Waals surface area (Å²) in [5.41, 5.74) is 3.90. The summed E-state index contributed by atoms with van der Waals surface area (Å²) >= 11 is 6.08. The number of benzene rings is 5. The zero-order valence-corrected chi connectivity index (χ0v) is 20.8. The van der Waals surface area contributed by atoms with E-state index in [1.54, 1.807) is 60.7 Å². The molecular weight excluding hydrogens is 496 g/mol. The highest BCUT2D eigenvalue weighted by atomic mass is 35.5. The minimum Gasteiger partial charge on any atom is -0.507 e. The van der Waals surface area contributed by atoms with Crippen molar-refractivity contribution >= 4 is 34.2 Å². The van der Waals surface area contributed by atoms with Crippen LogP contribution in [0.5, 0.6) is 5.75 Å². The molecule has 1 heterocycles. The van der Waals surface area contributed by atoms with Crippen molar-refractivity contribution in [2.24, 2.45) is 0 Å². The molecule has 184 valence electrons. The molecule has 0 atom stereocenters. The van der Waals surface area contributed by atoms with E-state index in [1.807, 2.05) is 36.4 Å². The molecule has 0 aliphatic rings. The number of hydrogen-bond acceptors (Lipinski definition) is 4. The fraction of sp³-hybridized carbons (Fsp3) is 0. The number of carbonyl (C=O) groups excluding carboxylic acids is 1. The number of halogens is 1. The monoisotopic (exact) mass is 516 g/mol. The van der Waals surface area contributed by atoms with Gasteiger partial charge in [0.15, 0.2) is 0 Å². The van der Waals surface area contributed by atoms with Gasteiger partial charge < -0.3 is 9.52 Å². The van der Waals surface area contributed by atoms with Crippen LogP contribution in [0.2, 0.25) is 5.02 Å². The predicted octanol–water partition coefficient (Wildman–Crippen LogP) is 8.44. The van der Waals surface area contributed by atoms with E-state index in [9.17, 15) is 9.90 Å². The molecule has 0 unspecified atom stereocenters. The van der Waals surface area contributed by atoms with Gasteiger partial charge in [0.25, 0.3) is 5.91 Å². The number of nitrogens with zero attached hydrogens (tertiary/aromatic N) is 1. The summed E-state index contributed by atoms with van der Waals surface area (Å²) in [5, 5.41) is 16.7. The van der Waals surface area contributed by atoms with Crippen LogP contribution in [0.4, 0.5) is 5.88 Å². The lowest BCUT2D eigenvalue weighted by Gasteiger charge is -2.09. The van der Waals surface area contributed by atoms with Crippen LogP contribution in [-0.2, 0) is 0 Å². The molecule has 0 spiro atoms. The molecule has 0 saturated carbocycles. The number of carbonyl (C=O) groups is 1. The fourth-order valence-electron chi connectivity index (χ4n) is 4.45. The summed E-state index contributed by atoms with van der Waals surface area (Å²) in [7, 11) is 0. The Morgan fingerprint density at radius 3 is 2.26 bits per heavy atom. The van der Waals surface area contributed by atoms with Crippen LogP contribution in [0, 0.1) is 0 Å². The summed E-state index contributed by atoms with van der Waals surface area (Å²) in [6.07, 6.45) is 0. The molecule has 6 rings (SSSR count). The molecule has 0 aliphatic carbocycles. The van der Waals surface area contributed by atoms with Gasteiger partial charge in [-0.05, 0) is 58.3 Å². The number of phenols is 1. The average molecular weight is 517 g/mol. The molecule has 0 aliphatic heterocycles. The Bertz CT molecular complexity index is 1770. The van der Waals surface area contributed by atoms with Gasteiger partial charge in [0, 0.05) is 16.1 Å². The zero-order valence-electron chi connectivity index (χ0n) is 20.1. The van der Waals surface area contributed by atoms with Crippen molar-refractivity contribution in [1.29, 1.82) is 0 Å². The molecule has 6 aromatic rings. The molecule has 2 N–H and O–H groups in total. The van der Waals surface area contributed by atoms with E-state index in [1.165, 1.54) is 0 Å². The van der Waals surface area contributed by atoms with E-state index >= 15 is 0 Å². The van der Waals surface area contributed by atoms with Crippen LogP contribution in [0.3, 0.4) is 0 Å². The van der Waals surface area contributed by atoms with Crippen LogP contribution in [-0.4, -0.2) is 16.0 Å². The third kappa shape index (κ3) is 4.51. The van der Waals surface area contributed by atoms with Gasteiger partial charge in [-0.15, -0.1) is 0 Å². The van der Waals surface area contributed by atoms with Gasteiger partial charge in [-0.2, -0.15) is 0 Å². The Hall–Kier alpha value is -4.87. The number of rotatable bonds is 5. The Kier molecular flexibility index (Phi) is 6.12. The van der Waals surface area contributed by atoms with Crippen LogP contribution in [0.15, 0.2) is 120 Å². The van der Waals surface area contributed by atoms with Crippen molar-refractivity contribution < 1.29 is 14.3 Å². The molecule has 6 heteroatoms. The first-order valence-corrected chi connectivity index (χ1v) is 12.4. The molecule has 5 aromatic carbocycles. The summed E-state index contributed by atoms with van der Waals surface area (Å²) in [5.74, 6) is 0.0355. The van der Waals surface area contributed by atoms with Crippen LogP contribution in [0.25, 0.3) is 44.6 Å². The number of oxazole rings is 1. The molecule has 5 nitrogen and oxygen atoms in total. The number of phenolic OH excluding ortho intramolecular Hbond substituents is 1. The third-order valence-electron chi connectivity index (χ3n) is 6.34. The Balaban J connectivity index is 1.41. The van der Waals surface area contributed by atoms with Crippen molar-refractivity contribution in [3.05, 3.63) is 126 Å². The first kappa shape index (κ1) is 23.5. The number of fused-ring (bicyclic) bond motifs is 1. The van der Waals surface area contributed by atoms with E-state index in [2.05, 4.69) is 28.5 Å². The first-order chi connectivity index (χ1) is 18.6. The highest BCUT2D eigenvalue weighted by molar-refractivity contribution is 6.30. The number of aromatic hydroxyl groups is 1. The lowest BCUT2D eigenvalue weighted by molar-refractivity contribution is 0.102. The molecule has 0 radical (unpaired) electrons. The molecule has 1 aromatic heterocycles. The van der Waals surface area contributed by atoms with Crippen molar-refractivity contribution in [2.45, 2.75) is 0 Å². The van der Waals surface area contributed by atoms with Gasteiger partial charge in [0.2, 0.25) is 11.8 Å². The minimum absolute atomic E-state index is 0.0141. The maximum atomic E-state index is 12.9. The summed E-state index contributed by atoms with van der Waals surface area (Å²) in [6, 6.07) is 35.5. The quantitative estimate of drug-likeness (QED) is 0.241. The van der Waals surface area contributed by atoms with Gasteiger partial charge >= 0.3 is 0 Å². The standard InChI is InChI=1S/C32H21ClN2O3/c33-24-16-13-21(14-17-24)29-32(35-30(37)22-8-2-1-3-9-22)38-31(34-29)27-18-15-23(19-28(27)36)26-12-6-10-20-7-4-5-11-25(20)26/h1-19,36H,(H,35,37). The van der Waals surface area contributed by atoms with E-state index < -0.39 is 0 Å². The second kappa shape index (κ2) is 9.88. The normalized spacial score (nSPS) is 11.0. The number of hydrogen-bond donors (Lipinski definition) is 2. The topological polar surface area (TPSA) is 75.4 Å². The van der Waals surface area contributed by atoms with Crippen LogP contribution < -0.4 is 5.32 Å². The van der Waals surface area contributed by atoms with Crippen molar-refractivity contribution in [3.8, 4) is 39.6 Å². The highest BCUT2D eigenvalue weighted by Crippen LogP contribution is 2.39. The van der Waals surface area contributed by atoms with Gasteiger partial charge in [-0.25, -0.2) is 4.98 Å². The Labute approximate surface area is 224 Å². The third-order valence-corrected chi connectivity index (χ3v) is 6.59. The number of amides is 1. The highest BCUT2D eigenvalue weighted by Gasteiger charge is 2.21. The predicted molar refractivity (Wildman–Crippen MR) is 151 cm³/mol. The second-order valence-electron chi connectivity index (χ2n) is 8.78. The molecule has 0 fully saturated rings. The summed E-state index contributed by atoms with van der Waals surface area (Å²) in [6.45, 7) is 0. The largest absolute Gasteiger partial charge is 0.507 e. The summed E-state index contributed by atoms with van der Waals surface area (Å²) < 4.78 is 6.04. The van der Waals surface area contributed by atoms with Gasteiger partial charge in [-0.1, -0.05) is 90.5 Å². The summed E-state index contributed by atoms with van der Waals surface area (Å²) in [4.78, 5) is 17.6. The lowest BCUT2D eigenvalue weighted by atomic mass is 9.97. The van der Waals surface area contributed by atoms with Crippen molar-refractivity contribution in [3.63, 3.8) is 0 Å². The second-order valence-corrected chi connectivity index (χ2v) is 9.22. The Morgan fingerprint density at radius 2 is 1.47 bits per heavy atom. The number of nitrogens with one attached hydrogen (secondary N) is 1. The van der Waals surface area contributed by atoms with E-state index in [4.69, 9.17) is 16.0 Å². The van der Waals surface area contributed by atoms with E-state index in [0.717, 1.165) is 21.9 Å². The molecule has 0 bridgehead atoms. The maximum Gasteiger partial charge on any atom is 0.258 e. The average Bonchev–Trinajstić information content (AvgIpc) is 3.36. The number of anilines is 1. The smallest absolute Gasteiger partial charge is 0.258 e. The molecule has 0 saturated heterocycles. The number of aromatic nitrogens is 1. The first-order valence-electron chi connectivity index (χ1n) is 12.0. The maximum absolute atomic E-state index is 12.9. The minimum atomic E-state index is -0.334. The van der Waals surface area contributed by atoms with Gasteiger partial charge in [0.05, 0.1) is 5.56 Å². The lowest BCUT2D eigenvalue weighted by Crippen LogP contribution is -2.11. The van der Waals surface area contributed by atoms with Gasteiger partial charge in [0.1, 0.15) is 11.4 Å². The Morgan fingerprint density at radius 1 is 0.763 bits per heavy atom. The van der Waals surface area contributed by atoms with Crippen LogP contribution in [0.1, 0.15) is 10.4 Å². The zero-order chi connectivity index (χ0) is 26.1. The van der Waals surface area contributed by atoms with Crippen molar-refractivity contribution in [1.82, 2.24) is 4.98 Å². The molecule has 38 heavy (non-hydrogen) atoms. The van der Waals surface area contributed by atoms with Crippen molar-refractivity contribution in [2.75, 3.05) is 5.32 Å². The molecule has 1 amide bonds. The van der Waals surface area contributed by atoms with Gasteiger partial charge in [-0.3, -0.25) is 10.1 Å². The molecular formula is C32H21ClN2O3.